The van der Waals surface area contributed by atoms with Crippen LogP contribution in [0.1, 0.15) is 0 Å². The lowest BCUT2D eigenvalue weighted by Gasteiger charge is -2.15. The van der Waals surface area contributed by atoms with E-state index in [4.69, 9.17) is 9.97 Å². The summed E-state index contributed by atoms with van der Waals surface area (Å²) in [6.45, 7) is 0. The molecule has 0 aliphatic heterocycles. The van der Waals surface area contributed by atoms with Crippen molar-refractivity contribution in [3.8, 4) is 50.6 Å². The van der Waals surface area contributed by atoms with E-state index < -0.39 is 0 Å². The molecular weight excluding hydrogens is 595 g/mol. The molecule has 10 aromatic rings. The molecule has 3 heteroatoms. The Hall–Kier alpha value is -6.58. The largest absolute Gasteiger partial charge is 0.278 e. The predicted octanol–water partition coefficient (Wildman–Crippen LogP) is 12.0. The van der Waals surface area contributed by atoms with Crippen molar-refractivity contribution in [3.63, 3.8) is 0 Å². The van der Waals surface area contributed by atoms with Gasteiger partial charge >= 0.3 is 0 Å². The van der Waals surface area contributed by atoms with Crippen molar-refractivity contribution in [2.45, 2.75) is 0 Å². The van der Waals surface area contributed by atoms with Gasteiger partial charge in [0.1, 0.15) is 0 Å². The average Bonchev–Trinajstić information content (AvgIpc) is 3.45. The molecule has 0 N–H and O–H groups in total. The fraction of sp³-hybridized carbons (Fsp3) is 0. The van der Waals surface area contributed by atoms with Crippen LogP contribution in [-0.4, -0.2) is 14.5 Å². The number of aromatic nitrogens is 3. The molecule has 2 aromatic heterocycles. The van der Waals surface area contributed by atoms with Crippen molar-refractivity contribution >= 4 is 54.3 Å². The number of rotatable bonds is 3. The summed E-state index contributed by atoms with van der Waals surface area (Å²) >= 11 is 0. The van der Waals surface area contributed by atoms with Gasteiger partial charge in [0, 0.05) is 21.7 Å². The summed E-state index contributed by atoms with van der Waals surface area (Å²) in [7, 11) is 0. The molecular formula is C46H27N3. The van der Waals surface area contributed by atoms with Gasteiger partial charge in [0.2, 0.25) is 5.95 Å². The molecule has 0 radical (unpaired) electrons. The first-order chi connectivity index (χ1) is 24.3. The number of benzene rings is 8. The summed E-state index contributed by atoms with van der Waals surface area (Å²) in [4.78, 5) is 10.7. The van der Waals surface area contributed by atoms with Gasteiger partial charge < -0.3 is 0 Å². The normalized spacial score (nSPS) is 12.1. The monoisotopic (exact) mass is 621 g/mol. The second kappa shape index (κ2) is 9.96. The molecule has 1 aliphatic rings. The van der Waals surface area contributed by atoms with Crippen molar-refractivity contribution < 1.29 is 0 Å². The van der Waals surface area contributed by atoms with Gasteiger partial charge in [-0.2, -0.15) is 0 Å². The minimum absolute atomic E-state index is 0.676. The predicted molar refractivity (Wildman–Crippen MR) is 204 cm³/mol. The Bertz CT molecular complexity index is 2990. The highest BCUT2D eigenvalue weighted by Crippen LogP contribution is 2.50. The maximum Gasteiger partial charge on any atom is 0.235 e. The van der Waals surface area contributed by atoms with E-state index in [0.717, 1.165) is 33.2 Å². The molecule has 0 unspecified atom stereocenters. The van der Waals surface area contributed by atoms with Crippen LogP contribution in [0, 0.1) is 0 Å². The maximum absolute atomic E-state index is 5.42. The topological polar surface area (TPSA) is 30.7 Å². The molecule has 3 nitrogen and oxygen atoms in total. The highest BCUT2D eigenvalue weighted by atomic mass is 15.2. The molecule has 0 amide bonds. The van der Waals surface area contributed by atoms with Gasteiger partial charge in [-0.05, 0) is 91.3 Å². The SMILES string of the molecule is c1ccc(-c2cc3c4c(ccc5c4c4c(cccc4n5-c4nc(-c5ccc6ccccc6c5)c5ccccc5n4)-c4ccccc4-3)c2)cc1. The first-order valence-corrected chi connectivity index (χ1v) is 16.8. The number of nitrogens with zero attached hydrogens (tertiary/aromatic N) is 3. The van der Waals surface area contributed by atoms with E-state index in [2.05, 4.69) is 168 Å². The lowest BCUT2D eigenvalue weighted by molar-refractivity contribution is 1.01. The third-order valence-electron chi connectivity index (χ3n) is 10.3. The molecule has 0 bridgehead atoms. The third-order valence-corrected chi connectivity index (χ3v) is 10.3. The summed E-state index contributed by atoms with van der Waals surface area (Å²) in [5.41, 5.74) is 12.6. The van der Waals surface area contributed by atoms with Crippen LogP contribution in [0.5, 0.6) is 0 Å². The van der Waals surface area contributed by atoms with Crippen molar-refractivity contribution in [3.05, 3.63) is 164 Å². The second-order valence-electron chi connectivity index (χ2n) is 13.0. The van der Waals surface area contributed by atoms with Gasteiger partial charge in [-0.25, -0.2) is 9.97 Å². The smallest absolute Gasteiger partial charge is 0.235 e. The van der Waals surface area contributed by atoms with E-state index >= 15 is 0 Å². The Kier molecular flexibility index (Phi) is 5.38. The van der Waals surface area contributed by atoms with Crippen LogP contribution in [0.25, 0.3) is 105 Å². The van der Waals surface area contributed by atoms with Crippen LogP contribution in [-0.2, 0) is 0 Å². The van der Waals surface area contributed by atoms with Crippen LogP contribution < -0.4 is 0 Å². The fourth-order valence-corrected chi connectivity index (χ4v) is 8.14. The Morgan fingerprint density at radius 1 is 0.367 bits per heavy atom. The van der Waals surface area contributed by atoms with Gasteiger partial charge in [-0.15, -0.1) is 0 Å². The maximum atomic E-state index is 5.42. The Labute approximate surface area is 282 Å². The quantitative estimate of drug-likeness (QED) is 0.196. The molecule has 0 saturated carbocycles. The van der Waals surface area contributed by atoms with E-state index in [1.165, 1.54) is 65.7 Å². The number of hydrogen-bond acceptors (Lipinski definition) is 2. The standard InChI is InChI=1S/C46H27N3/c1-2-11-28(12-3-1)33-26-31-23-24-41-44-42(31)38(27-33)35-16-7-6-15-34(35)36-18-10-20-40(43(36)44)49(41)46-47-39-19-9-8-17-37(39)45(48-46)32-22-21-29-13-4-5-14-30(29)25-32/h1-27H. The summed E-state index contributed by atoms with van der Waals surface area (Å²) in [6.07, 6.45) is 0. The first-order valence-electron chi connectivity index (χ1n) is 16.8. The number of fused-ring (bicyclic) bond motifs is 5. The molecule has 0 saturated heterocycles. The average molecular weight is 622 g/mol. The van der Waals surface area contributed by atoms with Gasteiger partial charge in [-0.1, -0.05) is 127 Å². The number of hydrogen-bond donors (Lipinski definition) is 0. The summed E-state index contributed by atoms with van der Waals surface area (Å²) in [6, 6.07) is 59.0. The van der Waals surface area contributed by atoms with E-state index in [9.17, 15) is 0 Å². The van der Waals surface area contributed by atoms with E-state index in [1.54, 1.807) is 0 Å². The van der Waals surface area contributed by atoms with E-state index in [1.807, 2.05) is 0 Å². The second-order valence-corrected chi connectivity index (χ2v) is 13.0. The van der Waals surface area contributed by atoms with Crippen molar-refractivity contribution in [2.75, 3.05) is 0 Å². The van der Waals surface area contributed by atoms with Gasteiger partial charge in [0.25, 0.3) is 0 Å². The van der Waals surface area contributed by atoms with Crippen molar-refractivity contribution in [1.82, 2.24) is 14.5 Å². The zero-order valence-electron chi connectivity index (χ0n) is 26.4. The molecule has 0 fully saturated rings. The molecule has 8 aromatic carbocycles. The van der Waals surface area contributed by atoms with Crippen LogP contribution in [0.2, 0.25) is 0 Å². The fourth-order valence-electron chi connectivity index (χ4n) is 8.14. The molecule has 49 heavy (non-hydrogen) atoms. The number of para-hydroxylation sites is 1. The Balaban J connectivity index is 1.27. The van der Waals surface area contributed by atoms with Crippen LogP contribution in [0.3, 0.4) is 0 Å². The van der Waals surface area contributed by atoms with E-state index in [0.29, 0.717) is 5.95 Å². The molecule has 0 atom stereocenters. The molecule has 2 heterocycles. The minimum atomic E-state index is 0.676. The summed E-state index contributed by atoms with van der Waals surface area (Å²) < 4.78 is 2.29. The molecule has 11 rings (SSSR count). The highest BCUT2D eigenvalue weighted by molar-refractivity contribution is 6.30. The lowest BCUT2D eigenvalue weighted by Crippen LogP contribution is -2.03. The Morgan fingerprint density at radius 2 is 1.06 bits per heavy atom. The third kappa shape index (κ3) is 3.78. The lowest BCUT2D eigenvalue weighted by atomic mass is 9.90. The molecule has 0 spiro atoms. The Morgan fingerprint density at radius 3 is 1.96 bits per heavy atom. The highest BCUT2D eigenvalue weighted by Gasteiger charge is 2.26. The summed E-state index contributed by atoms with van der Waals surface area (Å²) in [5.74, 6) is 0.676. The zero-order chi connectivity index (χ0) is 32.1. The zero-order valence-corrected chi connectivity index (χ0v) is 26.4. The van der Waals surface area contributed by atoms with Crippen LogP contribution in [0.15, 0.2) is 164 Å². The molecule has 1 aliphatic carbocycles. The van der Waals surface area contributed by atoms with Gasteiger partial charge in [0.15, 0.2) is 0 Å². The first kappa shape index (κ1) is 26.5. The minimum Gasteiger partial charge on any atom is -0.278 e. The summed E-state index contributed by atoms with van der Waals surface area (Å²) in [5, 5.41) is 8.44. The van der Waals surface area contributed by atoms with Gasteiger partial charge in [-0.3, -0.25) is 4.57 Å². The van der Waals surface area contributed by atoms with Crippen molar-refractivity contribution in [2.24, 2.45) is 0 Å². The van der Waals surface area contributed by atoms with Gasteiger partial charge in [0.05, 0.1) is 22.2 Å². The van der Waals surface area contributed by atoms with E-state index in [-0.39, 0.29) is 0 Å². The van der Waals surface area contributed by atoms with Crippen molar-refractivity contribution in [1.29, 1.82) is 0 Å². The molecule has 226 valence electrons. The van der Waals surface area contributed by atoms with Crippen LogP contribution in [0.4, 0.5) is 0 Å². The van der Waals surface area contributed by atoms with Crippen LogP contribution >= 0.6 is 0 Å².